The molecule has 7 aromatic rings. The monoisotopic (exact) mass is 622 g/mol. The van der Waals surface area contributed by atoms with E-state index in [-0.39, 0.29) is 17.8 Å². The van der Waals surface area contributed by atoms with Gasteiger partial charge in [-0.15, -0.1) is 5.10 Å². The molecule has 0 atom stereocenters. The zero-order valence-corrected chi connectivity index (χ0v) is 26.1. The molecule has 3 aromatic heterocycles. The Morgan fingerprint density at radius 1 is 0.660 bits per heavy atom. The van der Waals surface area contributed by atoms with E-state index in [1.165, 1.54) is 4.57 Å². The second-order valence-electron chi connectivity index (χ2n) is 11.5. The molecule has 0 bridgehead atoms. The second kappa shape index (κ2) is 13.2. The fourth-order valence-electron chi connectivity index (χ4n) is 6.13. The number of aromatic nitrogens is 8. The number of H-pyrrole nitrogens is 1. The van der Waals surface area contributed by atoms with Crippen LogP contribution in [0.25, 0.3) is 33.7 Å². The van der Waals surface area contributed by atoms with Gasteiger partial charge in [0, 0.05) is 31.6 Å². The first-order valence-electron chi connectivity index (χ1n) is 15.8. The minimum atomic E-state index is -0.327. The Morgan fingerprint density at radius 2 is 1.28 bits per heavy atom. The van der Waals surface area contributed by atoms with Crippen LogP contribution in [0.15, 0.2) is 119 Å². The van der Waals surface area contributed by atoms with Crippen molar-refractivity contribution >= 4 is 11.2 Å². The van der Waals surface area contributed by atoms with E-state index in [0.717, 1.165) is 39.2 Å². The number of tetrazole rings is 1. The third-order valence-corrected chi connectivity index (χ3v) is 8.58. The average Bonchev–Trinajstić information content (AvgIpc) is 3.78. The van der Waals surface area contributed by atoms with Crippen molar-refractivity contribution in [1.82, 2.24) is 39.3 Å². The maximum atomic E-state index is 14.2. The number of aryl methyl sites for hydroxylation is 4. The summed E-state index contributed by atoms with van der Waals surface area (Å²) in [6.45, 7) is 3.17. The molecule has 0 radical (unpaired) electrons. The van der Waals surface area contributed by atoms with Gasteiger partial charge in [0.15, 0.2) is 17.0 Å². The van der Waals surface area contributed by atoms with E-state index in [4.69, 9.17) is 4.98 Å². The Hall–Kier alpha value is -5.90. The van der Waals surface area contributed by atoms with Crippen molar-refractivity contribution in [3.8, 4) is 22.5 Å². The van der Waals surface area contributed by atoms with Gasteiger partial charge < -0.3 is 4.57 Å². The maximum Gasteiger partial charge on any atom is 0.332 e. The van der Waals surface area contributed by atoms with Gasteiger partial charge in [-0.25, -0.2) is 14.9 Å². The van der Waals surface area contributed by atoms with E-state index in [2.05, 4.69) is 44.9 Å². The zero-order chi connectivity index (χ0) is 32.2. The molecule has 0 saturated heterocycles. The lowest BCUT2D eigenvalue weighted by Crippen LogP contribution is -2.41. The van der Waals surface area contributed by atoms with Crippen LogP contribution < -0.4 is 11.2 Å². The molecule has 1 N–H and O–H groups in total. The molecule has 0 aliphatic rings. The van der Waals surface area contributed by atoms with Gasteiger partial charge in [0.1, 0.15) is 5.82 Å². The Bertz CT molecular complexity index is 2240. The Kier molecular flexibility index (Phi) is 8.38. The van der Waals surface area contributed by atoms with Crippen LogP contribution >= 0.6 is 0 Å². The van der Waals surface area contributed by atoms with Crippen molar-refractivity contribution < 1.29 is 0 Å². The van der Waals surface area contributed by atoms with E-state index in [1.807, 2.05) is 96.4 Å². The highest BCUT2D eigenvalue weighted by Gasteiger charge is 2.21. The van der Waals surface area contributed by atoms with Gasteiger partial charge in [-0.1, -0.05) is 116 Å². The lowest BCUT2D eigenvalue weighted by Gasteiger charge is -2.14. The van der Waals surface area contributed by atoms with Crippen LogP contribution in [-0.4, -0.2) is 39.3 Å². The summed E-state index contributed by atoms with van der Waals surface area (Å²) >= 11 is 0. The van der Waals surface area contributed by atoms with Gasteiger partial charge in [-0.2, -0.15) is 0 Å². The first-order valence-corrected chi connectivity index (χ1v) is 15.8. The van der Waals surface area contributed by atoms with Crippen molar-refractivity contribution in [3.63, 3.8) is 0 Å². The molecule has 10 nitrogen and oxygen atoms in total. The Balaban J connectivity index is 1.28. The molecular formula is C37H34N8O2. The Labute approximate surface area is 271 Å². The van der Waals surface area contributed by atoms with Gasteiger partial charge in [0.05, 0.1) is 0 Å². The van der Waals surface area contributed by atoms with Crippen LogP contribution in [0, 0.1) is 0 Å². The highest BCUT2D eigenvalue weighted by atomic mass is 16.2. The summed E-state index contributed by atoms with van der Waals surface area (Å²) in [4.78, 5) is 33.1. The summed E-state index contributed by atoms with van der Waals surface area (Å²) in [7, 11) is 0. The Morgan fingerprint density at radius 3 is 1.89 bits per heavy atom. The quantitative estimate of drug-likeness (QED) is 0.209. The smallest absolute Gasteiger partial charge is 0.318 e. The van der Waals surface area contributed by atoms with Crippen LogP contribution in [0.4, 0.5) is 0 Å². The van der Waals surface area contributed by atoms with Crippen LogP contribution in [-0.2, 0) is 38.9 Å². The minimum Gasteiger partial charge on any atom is -0.318 e. The molecule has 0 spiro atoms. The molecule has 7 rings (SSSR count). The molecule has 0 unspecified atom stereocenters. The molecule has 0 aliphatic carbocycles. The summed E-state index contributed by atoms with van der Waals surface area (Å²) in [6.07, 6.45) is 1.83. The number of aromatic amines is 1. The van der Waals surface area contributed by atoms with Gasteiger partial charge in [-0.05, 0) is 51.1 Å². The van der Waals surface area contributed by atoms with Crippen molar-refractivity contribution in [2.75, 3.05) is 0 Å². The largest absolute Gasteiger partial charge is 0.332 e. The first kappa shape index (κ1) is 29.8. The van der Waals surface area contributed by atoms with E-state index in [1.54, 1.807) is 4.57 Å². The fraction of sp³-hybridized carbons (Fsp3) is 0.189. The fourth-order valence-corrected chi connectivity index (χ4v) is 6.13. The third kappa shape index (κ3) is 6.05. The van der Waals surface area contributed by atoms with Crippen molar-refractivity contribution in [3.05, 3.63) is 153 Å². The average molecular weight is 623 g/mol. The molecule has 234 valence electrons. The second-order valence-corrected chi connectivity index (χ2v) is 11.5. The van der Waals surface area contributed by atoms with Crippen LogP contribution in [0.3, 0.4) is 0 Å². The SMILES string of the molecule is CCc1nc2c(c(=O)n(CCc3ccccc3)c(=O)n2CCc2ccccc2)n1Cc1ccc(-c2ccccc2-c2nnn[nH]2)cc1. The molecule has 10 heteroatoms. The summed E-state index contributed by atoms with van der Waals surface area (Å²) in [5.74, 6) is 1.36. The molecule has 0 fully saturated rings. The molecule has 0 saturated carbocycles. The van der Waals surface area contributed by atoms with Crippen molar-refractivity contribution in [1.29, 1.82) is 0 Å². The number of hydrogen-bond donors (Lipinski definition) is 1. The number of nitrogens with zero attached hydrogens (tertiary/aromatic N) is 7. The number of fused-ring (bicyclic) bond motifs is 1. The molecular weight excluding hydrogens is 588 g/mol. The van der Waals surface area contributed by atoms with Gasteiger partial charge in [0.25, 0.3) is 5.56 Å². The third-order valence-electron chi connectivity index (χ3n) is 8.58. The van der Waals surface area contributed by atoms with E-state index in [0.29, 0.717) is 49.3 Å². The molecule has 0 aliphatic heterocycles. The van der Waals surface area contributed by atoms with Gasteiger partial charge in [-0.3, -0.25) is 13.9 Å². The topological polar surface area (TPSA) is 116 Å². The normalized spacial score (nSPS) is 11.3. The van der Waals surface area contributed by atoms with E-state index in [9.17, 15) is 9.59 Å². The van der Waals surface area contributed by atoms with Crippen molar-refractivity contribution in [2.24, 2.45) is 0 Å². The predicted octanol–water partition coefficient (Wildman–Crippen LogP) is 5.30. The van der Waals surface area contributed by atoms with E-state index >= 15 is 0 Å². The summed E-state index contributed by atoms with van der Waals surface area (Å²) < 4.78 is 5.05. The summed E-state index contributed by atoms with van der Waals surface area (Å²) in [5, 5.41) is 14.4. The van der Waals surface area contributed by atoms with Crippen molar-refractivity contribution in [2.45, 2.75) is 45.8 Å². The summed E-state index contributed by atoms with van der Waals surface area (Å²) in [6, 6.07) is 36.2. The zero-order valence-electron chi connectivity index (χ0n) is 26.1. The highest BCUT2D eigenvalue weighted by Crippen LogP contribution is 2.30. The lowest BCUT2D eigenvalue weighted by atomic mass is 9.98. The number of imidazole rings is 1. The first-order chi connectivity index (χ1) is 23.1. The van der Waals surface area contributed by atoms with Crippen LogP contribution in [0.1, 0.15) is 29.4 Å². The van der Waals surface area contributed by atoms with Crippen LogP contribution in [0.2, 0.25) is 0 Å². The molecule has 3 heterocycles. The number of hydrogen-bond acceptors (Lipinski definition) is 6. The van der Waals surface area contributed by atoms with E-state index < -0.39 is 0 Å². The summed E-state index contributed by atoms with van der Waals surface area (Å²) in [5.41, 5.74) is 6.38. The molecule has 0 amide bonds. The number of nitrogens with one attached hydrogen (secondary N) is 1. The lowest BCUT2D eigenvalue weighted by molar-refractivity contribution is 0.564. The predicted molar refractivity (Wildman–Crippen MR) is 182 cm³/mol. The van der Waals surface area contributed by atoms with Gasteiger partial charge >= 0.3 is 5.69 Å². The van der Waals surface area contributed by atoms with Gasteiger partial charge in [0.2, 0.25) is 0 Å². The molecule has 47 heavy (non-hydrogen) atoms. The minimum absolute atomic E-state index is 0.282. The highest BCUT2D eigenvalue weighted by molar-refractivity contribution is 5.80. The van der Waals surface area contributed by atoms with Crippen LogP contribution in [0.5, 0.6) is 0 Å². The maximum absolute atomic E-state index is 14.2. The molecule has 4 aromatic carbocycles. The standard InChI is InChI=1S/C37H34N8O2/c1-2-32-38-35-33(45(32)25-28-17-19-29(20-18-28)30-15-9-10-16-31(30)34-39-41-42-40-34)36(46)44(24-22-27-13-7-4-8-14-27)37(47)43(35)23-21-26-11-5-3-6-12-26/h3-20H,2,21-25H2,1H3,(H,39,40,41,42). The number of rotatable bonds is 11. The number of benzene rings is 4.